The number of benzene rings is 1. The van der Waals surface area contributed by atoms with Gasteiger partial charge in [-0.15, -0.1) is 0 Å². The summed E-state index contributed by atoms with van der Waals surface area (Å²) in [4.78, 5) is 13.0. The molecule has 1 fully saturated rings. The first-order chi connectivity index (χ1) is 7.78. The fraction of sp³-hybridized carbons (Fsp3) is 0.417. The zero-order valence-electron chi connectivity index (χ0n) is 9.03. The van der Waals surface area contributed by atoms with Crippen LogP contribution in [0.5, 0.6) is 0 Å². The molecule has 0 radical (unpaired) electrons. The summed E-state index contributed by atoms with van der Waals surface area (Å²) in [5.41, 5.74) is 1.28. The Morgan fingerprint density at radius 2 is 2.44 bits per heavy atom. The SMILES string of the molecule is O=CC1CN(Cc2cccc(Br)c2)CCN1. The number of hydrogen-bond acceptors (Lipinski definition) is 3. The monoisotopic (exact) mass is 282 g/mol. The van der Waals surface area contributed by atoms with Gasteiger partial charge in [0, 0.05) is 30.7 Å². The van der Waals surface area contributed by atoms with E-state index in [-0.39, 0.29) is 6.04 Å². The Labute approximate surface area is 104 Å². The van der Waals surface area contributed by atoms with E-state index in [4.69, 9.17) is 0 Å². The van der Waals surface area contributed by atoms with Crippen molar-refractivity contribution in [2.45, 2.75) is 12.6 Å². The summed E-state index contributed by atoms with van der Waals surface area (Å²) in [6, 6.07) is 8.29. The van der Waals surface area contributed by atoms with Crippen LogP contribution >= 0.6 is 15.9 Å². The Morgan fingerprint density at radius 1 is 1.56 bits per heavy atom. The quantitative estimate of drug-likeness (QED) is 0.852. The van der Waals surface area contributed by atoms with Gasteiger partial charge in [-0.1, -0.05) is 28.1 Å². The van der Waals surface area contributed by atoms with Crippen LogP contribution in [0.25, 0.3) is 0 Å². The summed E-state index contributed by atoms with van der Waals surface area (Å²) in [5, 5.41) is 3.18. The number of hydrogen-bond donors (Lipinski definition) is 1. The second-order valence-electron chi connectivity index (χ2n) is 4.06. The molecule has 0 bridgehead atoms. The van der Waals surface area contributed by atoms with E-state index >= 15 is 0 Å². The van der Waals surface area contributed by atoms with Crippen molar-refractivity contribution < 1.29 is 4.79 Å². The van der Waals surface area contributed by atoms with Crippen LogP contribution in [0.4, 0.5) is 0 Å². The van der Waals surface area contributed by atoms with Gasteiger partial charge in [-0.25, -0.2) is 0 Å². The average molecular weight is 283 g/mol. The highest BCUT2D eigenvalue weighted by atomic mass is 79.9. The Hall–Kier alpha value is -0.710. The molecular formula is C12H15BrN2O. The molecule has 3 nitrogen and oxygen atoms in total. The van der Waals surface area contributed by atoms with Gasteiger partial charge in [0.1, 0.15) is 6.29 Å². The van der Waals surface area contributed by atoms with Crippen molar-refractivity contribution in [1.82, 2.24) is 10.2 Å². The first kappa shape index (κ1) is 11.8. The fourth-order valence-corrected chi connectivity index (χ4v) is 2.42. The molecule has 1 N–H and O–H groups in total. The molecular weight excluding hydrogens is 268 g/mol. The lowest BCUT2D eigenvalue weighted by atomic mass is 10.1. The van der Waals surface area contributed by atoms with Crippen molar-refractivity contribution in [2.24, 2.45) is 0 Å². The lowest BCUT2D eigenvalue weighted by molar-refractivity contribution is -0.110. The lowest BCUT2D eigenvalue weighted by Gasteiger charge is -2.31. The normalized spacial score (nSPS) is 21.9. The summed E-state index contributed by atoms with van der Waals surface area (Å²) in [6.45, 7) is 3.59. The number of halogens is 1. The summed E-state index contributed by atoms with van der Waals surface area (Å²) in [7, 11) is 0. The number of aldehydes is 1. The van der Waals surface area contributed by atoms with Gasteiger partial charge >= 0.3 is 0 Å². The van der Waals surface area contributed by atoms with Crippen LogP contribution in [0.1, 0.15) is 5.56 Å². The number of nitrogens with one attached hydrogen (secondary N) is 1. The molecule has 1 atom stereocenters. The topological polar surface area (TPSA) is 32.3 Å². The number of carbonyl (C=O) groups excluding carboxylic acids is 1. The van der Waals surface area contributed by atoms with Crippen molar-refractivity contribution in [3.05, 3.63) is 34.3 Å². The number of carbonyl (C=O) groups is 1. The highest BCUT2D eigenvalue weighted by molar-refractivity contribution is 9.10. The molecule has 0 amide bonds. The molecule has 86 valence electrons. The standard InChI is InChI=1S/C12H15BrN2O/c13-11-3-1-2-10(6-11)7-15-5-4-14-12(8-15)9-16/h1-3,6,9,12,14H,4-5,7-8H2. The lowest BCUT2D eigenvalue weighted by Crippen LogP contribution is -2.50. The van der Waals surface area contributed by atoms with E-state index in [2.05, 4.69) is 38.3 Å². The van der Waals surface area contributed by atoms with Gasteiger partial charge in [0.05, 0.1) is 6.04 Å². The van der Waals surface area contributed by atoms with E-state index < -0.39 is 0 Å². The van der Waals surface area contributed by atoms with E-state index in [9.17, 15) is 4.79 Å². The highest BCUT2D eigenvalue weighted by Crippen LogP contribution is 2.14. The van der Waals surface area contributed by atoms with Crippen LogP contribution in [0, 0.1) is 0 Å². The minimum absolute atomic E-state index is 0.0131. The Balaban J connectivity index is 1.96. The van der Waals surface area contributed by atoms with E-state index in [1.165, 1.54) is 5.56 Å². The van der Waals surface area contributed by atoms with E-state index in [1.807, 2.05) is 12.1 Å². The summed E-state index contributed by atoms with van der Waals surface area (Å²) in [6.07, 6.45) is 0.993. The second-order valence-corrected chi connectivity index (χ2v) is 4.98. The summed E-state index contributed by atoms with van der Waals surface area (Å²) < 4.78 is 1.10. The zero-order valence-corrected chi connectivity index (χ0v) is 10.6. The first-order valence-corrected chi connectivity index (χ1v) is 6.23. The molecule has 1 unspecified atom stereocenters. The predicted octanol–water partition coefficient (Wildman–Crippen LogP) is 1.42. The van der Waals surface area contributed by atoms with Gasteiger partial charge in [-0.05, 0) is 17.7 Å². The van der Waals surface area contributed by atoms with Crippen LogP contribution in [0.2, 0.25) is 0 Å². The van der Waals surface area contributed by atoms with Crippen molar-refractivity contribution in [3.8, 4) is 0 Å². The maximum Gasteiger partial charge on any atom is 0.138 e. The molecule has 0 aromatic heterocycles. The van der Waals surface area contributed by atoms with Crippen molar-refractivity contribution >= 4 is 22.2 Å². The van der Waals surface area contributed by atoms with Gasteiger partial charge in [0.2, 0.25) is 0 Å². The van der Waals surface area contributed by atoms with Gasteiger partial charge in [0.25, 0.3) is 0 Å². The molecule has 0 spiro atoms. The van der Waals surface area contributed by atoms with Crippen molar-refractivity contribution in [2.75, 3.05) is 19.6 Å². The Bertz CT molecular complexity index is 370. The number of rotatable bonds is 3. The highest BCUT2D eigenvalue weighted by Gasteiger charge is 2.18. The molecule has 16 heavy (non-hydrogen) atoms. The van der Waals surface area contributed by atoms with Crippen LogP contribution < -0.4 is 5.32 Å². The van der Waals surface area contributed by atoms with Gasteiger partial charge < -0.3 is 10.1 Å². The molecule has 2 rings (SSSR count). The molecule has 1 aliphatic rings. The van der Waals surface area contributed by atoms with E-state index in [0.29, 0.717) is 0 Å². The molecule has 1 saturated heterocycles. The molecule has 1 aromatic carbocycles. The van der Waals surface area contributed by atoms with Crippen molar-refractivity contribution in [3.63, 3.8) is 0 Å². The third kappa shape index (κ3) is 3.14. The third-order valence-electron chi connectivity index (χ3n) is 2.75. The van der Waals surface area contributed by atoms with Crippen molar-refractivity contribution in [1.29, 1.82) is 0 Å². The largest absolute Gasteiger partial charge is 0.305 e. The molecule has 1 aliphatic heterocycles. The molecule has 1 heterocycles. The maximum absolute atomic E-state index is 10.7. The first-order valence-electron chi connectivity index (χ1n) is 5.43. The van der Waals surface area contributed by atoms with Crippen LogP contribution in [-0.2, 0) is 11.3 Å². The van der Waals surface area contributed by atoms with E-state index in [1.54, 1.807) is 0 Å². The van der Waals surface area contributed by atoms with Gasteiger partial charge in [-0.3, -0.25) is 4.90 Å². The number of piperazine rings is 1. The molecule has 0 aliphatic carbocycles. The predicted molar refractivity (Wildman–Crippen MR) is 67.3 cm³/mol. The smallest absolute Gasteiger partial charge is 0.138 e. The molecule has 0 saturated carbocycles. The third-order valence-corrected chi connectivity index (χ3v) is 3.24. The number of nitrogens with zero attached hydrogens (tertiary/aromatic N) is 1. The average Bonchev–Trinajstić information content (AvgIpc) is 2.29. The maximum atomic E-state index is 10.7. The zero-order chi connectivity index (χ0) is 11.4. The summed E-state index contributed by atoms with van der Waals surface area (Å²) in [5.74, 6) is 0. The molecule has 4 heteroatoms. The fourth-order valence-electron chi connectivity index (χ4n) is 1.97. The second kappa shape index (κ2) is 5.57. The van der Waals surface area contributed by atoms with Gasteiger partial charge in [-0.2, -0.15) is 0 Å². The minimum atomic E-state index is -0.0131. The minimum Gasteiger partial charge on any atom is -0.305 e. The Morgan fingerprint density at radius 3 is 3.19 bits per heavy atom. The Kier molecular flexibility index (Phi) is 4.09. The van der Waals surface area contributed by atoms with Crippen LogP contribution in [0.15, 0.2) is 28.7 Å². The van der Waals surface area contributed by atoms with Gasteiger partial charge in [0.15, 0.2) is 0 Å². The summed E-state index contributed by atoms with van der Waals surface area (Å²) >= 11 is 3.47. The molecule has 1 aromatic rings. The van der Waals surface area contributed by atoms with E-state index in [0.717, 1.165) is 36.9 Å². The van der Waals surface area contributed by atoms with Crippen LogP contribution in [0.3, 0.4) is 0 Å². The van der Waals surface area contributed by atoms with Crippen LogP contribution in [-0.4, -0.2) is 36.9 Å².